The van der Waals surface area contributed by atoms with Gasteiger partial charge in [0.15, 0.2) is 0 Å². The van der Waals surface area contributed by atoms with E-state index in [2.05, 4.69) is 38.3 Å². The Kier molecular flexibility index (Phi) is 9.41. The molecule has 1 saturated heterocycles. The third-order valence-corrected chi connectivity index (χ3v) is 5.75. The second-order valence-electron chi connectivity index (χ2n) is 5.94. The smallest absolute Gasteiger partial charge is 0.236 e. The van der Waals surface area contributed by atoms with Crippen molar-refractivity contribution < 1.29 is 4.79 Å². The summed E-state index contributed by atoms with van der Waals surface area (Å²) in [5.74, 6) is 1.09. The normalized spacial score (nSPS) is 18.2. The van der Waals surface area contributed by atoms with E-state index in [9.17, 15) is 4.79 Å². The number of hydrogen-bond donors (Lipinski definition) is 1. The van der Waals surface area contributed by atoms with E-state index >= 15 is 0 Å². The molecule has 1 saturated carbocycles. The summed E-state index contributed by atoms with van der Waals surface area (Å²) < 4.78 is 1.19. The minimum absolute atomic E-state index is 0. The summed E-state index contributed by atoms with van der Waals surface area (Å²) >= 11 is 5.30. The first-order chi connectivity index (χ1) is 10.2. The zero-order valence-electron chi connectivity index (χ0n) is 13.0. The van der Waals surface area contributed by atoms with Crippen LogP contribution in [-0.4, -0.2) is 55.0 Å². The Morgan fingerprint density at radius 2 is 1.91 bits per heavy atom. The van der Waals surface area contributed by atoms with Gasteiger partial charge >= 0.3 is 0 Å². The molecule has 0 atom stereocenters. The minimum Gasteiger partial charge on any atom is -0.339 e. The van der Waals surface area contributed by atoms with E-state index in [4.69, 9.17) is 0 Å². The van der Waals surface area contributed by atoms with Gasteiger partial charge < -0.3 is 10.2 Å². The van der Waals surface area contributed by atoms with Crippen molar-refractivity contribution in [1.82, 2.24) is 15.1 Å². The van der Waals surface area contributed by atoms with Gasteiger partial charge in [-0.2, -0.15) is 0 Å². The molecular weight excluding hydrogens is 421 g/mol. The number of halogens is 3. The molecule has 1 aliphatic carbocycles. The Balaban J connectivity index is 0.00000132. The molecule has 0 aromatic carbocycles. The van der Waals surface area contributed by atoms with Gasteiger partial charge in [-0.15, -0.1) is 36.2 Å². The van der Waals surface area contributed by atoms with Gasteiger partial charge in [0, 0.05) is 37.6 Å². The van der Waals surface area contributed by atoms with Gasteiger partial charge in [-0.25, -0.2) is 0 Å². The third kappa shape index (κ3) is 6.88. The van der Waals surface area contributed by atoms with E-state index in [0.717, 1.165) is 45.2 Å². The van der Waals surface area contributed by atoms with Crippen LogP contribution >= 0.6 is 52.1 Å². The highest BCUT2D eigenvalue weighted by Gasteiger charge is 2.23. The summed E-state index contributed by atoms with van der Waals surface area (Å²) in [5.41, 5.74) is 0. The van der Waals surface area contributed by atoms with E-state index in [-0.39, 0.29) is 30.7 Å². The van der Waals surface area contributed by atoms with Crippen molar-refractivity contribution in [3.05, 3.63) is 20.8 Å². The molecule has 8 heteroatoms. The van der Waals surface area contributed by atoms with E-state index in [0.29, 0.717) is 6.54 Å². The standard InChI is InChI=1S/C15H22BrN3OS.2ClH/c16-14-4-3-13(21-14)11-18-5-7-19(8-6-18)15(20)10-17-9-12-1-2-12;;/h3-4,12,17H,1-2,5-11H2;2*1H. The SMILES string of the molecule is Cl.Cl.O=C(CNCC1CC1)N1CCN(Cc2ccc(Br)s2)CC1. The van der Waals surface area contributed by atoms with Crippen LogP contribution in [0.2, 0.25) is 0 Å². The number of rotatable bonds is 6. The maximum absolute atomic E-state index is 12.1. The van der Waals surface area contributed by atoms with Gasteiger partial charge in [0.25, 0.3) is 0 Å². The number of piperazine rings is 1. The quantitative estimate of drug-likeness (QED) is 0.732. The first kappa shape index (κ1) is 21.2. The Bertz CT molecular complexity index is 491. The summed E-state index contributed by atoms with van der Waals surface area (Å²) in [5, 5.41) is 3.29. The fourth-order valence-corrected chi connectivity index (χ4v) is 4.16. The average molecular weight is 445 g/mol. The lowest BCUT2D eigenvalue weighted by Crippen LogP contribution is -2.50. The van der Waals surface area contributed by atoms with Gasteiger partial charge in [0.2, 0.25) is 5.91 Å². The van der Waals surface area contributed by atoms with E-state index < -0.39 is 0 Å². The van der Waals surface area contributed by atoms with E-state index in [1.165, 1.54) is 21.5 Å². The highest BCUT2D eigenvalue weighted by molar-refractivity contribution is 9.11. The number of carbonyl (C=O) groups is 1. The number of hydrogen-bond acceptors (Lipinski definition) is 4. The molecular formula is C15H24BrCl2N3OS. The number of carbonyl (C=O) groups excluding carboxylic acids is 1. The Labute approximate surface area is 162 Å². The van der Waals surface area contributed by atoms with Crippen molar-refractivity contribution in [2.75, 3.05) is 39.3 Å². The summed E-state index contributed by atoms with van der Waals surface area (Å²) in [4.78, 5) is 17.9. The fourth-order valence-electron chi connectivity index (χ4n) is 2.63. The monoisotopic (exact) mass is 443 g/mol. The van der Waals surface area contributed by atoms with Crippen molar-refractivity contribution in [2.24, 2.45) is 5.92 Å². The molecule has 0 bridgehead atoms. The summed E-state index contributed by atoms with van der Waals surface area (Å²) in [6, 6.07) is 4.28. The topological polar surface area (TPSA) is 35.6 Å². The molecule has 1 N–H and O–H groups in total. The zero-order chi connectivity index (χ0) is 14.7. The highest BCUT2D eigenvalue weighted by Crippen LogP contribution is 2.27. The van der Waals surface area contributed by atoms with Crippen LogP contribution < -0.4 is 5.32 Å². The van der Waals surface area contributed by atoms with Crippen molar-refractivity contribution in [3.8, 4) is 0 Å². The lowest BCUT2D eigenvalue weighted by Gasteiger charge is -2.34. The summed E-state index contributed by atoms with van der Waals surface area (Å²) in [6.07, 6.45) is 2.66. The van der Waals surface area contributed by atoms with Crippen LogP contribution in [0.5, 0.6) is 0 Å². The van der Waals surface area contributed by atoms with Gasteiger partial charge in [-0.3, -0.25) is 9.69 Å². The molecule has 0 radical (unpaired) electrons. The first-order valence-electron chi connectivity index (χ1n) is 7.66. The van der Waals surface area contributed by atoms with Gasteiger partial charge in [-0.05, 0) is 53.4 Å². The van der Waals surface area contributed by atoms with Crippen LogP contribution in [0.3, 0.4) is 0 Å². The highest BCUT2D eigenvalue weighted by atomic mass is 79.9. The maximum atomic E-state index is 12.1. The van der Waals surface area contributed by atoms with Crippen LogP contribution in [0.25, 0.3) is 0 Å². The first-order valence-corrected chi connectivity index (χ1v) is 9.27. The van der Waals surface area contributed by atoms with Gasteiger partial charge in [-0.1, -0.05) is 0 Å². The van der Waals surface area contributed by atoms with Gasteiger partial charge in [0.05, 0.1) is 10.3 Å². The van der Waals surface area contributed by atoms with Gasteiger partial charge in [0.1, 0.15) is 0 Å². The Morgan fingerprint density at radius 3 is 2.48 bits per heavy atom. The second-order valence-corrected chi connectivity index (χ2v) is 8.48. The molecule has 1 aromatic heterocycles. The Morgan fingerprint density at radius 1 is 1.22 bits per heavy atom. The molecule has 1 aromatic rings. The molecule has 132 valence electrons. The molecule has 0 spiro atoms. The van der Waals surface area contributed by atoms with Crippen LogP contribution in [0.1, 0.15) is 17.7 Å². The molecule has 3 rings (SSSR count). The molecule has 2 aliphatic rings. The molecule has 2 fully saturated rings. The maximum Gasteiger partial charge on any atom is 0.236 e. The molecule has 4 nitrogen and oxygen atoms in total. The molecule has 2 heterocycles. The molecule has 1 amide bonds. The van der Waals surface area contributed by atoms with E-state index in [1.54, 1.807) is 11.3 Å². The third-order valence-electron chi connectivity index (χ3n) is 4.14. The van der Waals surface area contributed by atoms with Crippen molar-refractivity contribution in [2.45, 2.75) is 19.4 Å². The predicted molar refractivity (Wildman–Crippen MR) is 104 cm³/mol. The molecule has 1 aliphatic heterocycles. The predicted octanol–water partition coefficient (Wildman–Crippen LogP) is 3.00. The van der Waals surface area contributed by atoms with Crippen LogP contribution in [-0.2, 0) is 11.3 Å². The average Bonchev–Trinajstić information content (AvgIpc) is 3.21. The molecule has 0 unspecified atom stereocenters. The number of nitrogens with one attached hydrogen (secondary N) is 1. The lowest BCUT2D eigenvalue weighted by molar-refractivity contribution is -0.132. The zero-order valence-corrected chi connectivity index (χ0v) is 17.0. The van der Waals surface area contributed by atoms with Crippen LogP contribution in [0.15, 0.2) is 15.9 Å². The van der Waals surface area contributed by atoms with Crippen molar-refractivity contribution >= 4 is 58.0 Å². The van der Waals surface area contributed by atoms with Crippen molar-refractivity contribution in [3.63, 3.8) is 0 Å². The second kappa shape index (κ2) is 10.2. The van der Waals surface area contributed by atoms with E-state index in [1.807, 2.05) is 4.90 Å². The number of nitrogens with zero attached hydrogens (tertiary/aromatic N) is 2. The largest absolute Gasteiger partial charge is 0.339 e. The Hall–Kier alpha value is 0.150. The molecule has 23 heavy (non-hydrogen) atoms. The number of amides is 1. The fraction of sp³-hybridized carbons (Fsp3) is 0.667. The van der Waals surface area contributed by atoms with Crippen LogP contribution in [0.4, 0.5) is 0 Å². The van der Waals surface area contributed by atoms with Crippen LogP contribution in [0, 0.1) is 5.92 Å². The number of thiophene rings is 1. The minimum atomic E-state index is 0. The summed E-state index contributed by atoms with van der Waals surface area (Å²) in [7, 11) is 0. The lowest BCUT2D eigenvalue weighted by atomic mass is 10.3. The summed E-state index contributed by atoms with van der Waals surface area (Å²) in [6.45, 7) is 6.19. The van der Waals surface area contributed by atoms with Crippen molar-refractivity contribution in [1.29, 1.82) is 0 Å².